The average molecular weight is 655 g/mol. The number of rotatable bonds is 11. The van der Waals surface area contributed by atoms with Crippen molar-refractivity contribution in [2.45, 2.75) is 47.1 Å². The summed E-state index contributed by atoms with van der Waals surface area (Å²) in [4.78, 5) is 18.8. The topological polar surface area (TPSA) is 74.9 Å². The van der Waals surface area contributed by atoms with Crippen LogP contribution in [0.2, 0.25) is 0 Å². The predicted octanol–water partition coefficient (Wildman–Crippen LogP) is 8.52. The molecule has 226 valence electrons. The third-order valence-corrected chi connectivity index (χ3v) is 7.70. The summed E-state index contributed by atoms with van der Waals surface area (Å²) in [6, 6.07) is 25.0. The summed E-state index contributed by atoms with van der Waals surface area (Å²) >= 11 is 3.46. The fraction of sp³-hybridized carbons (Fsp3) is 0.250. The zero-order valence-corrected chi connectivity index (χ0v) is 27.2. The van der Waals surface area contributed by atoms with E-state index in [2.05, 4.69) is 35.8 Å². The van der Waals surface area contributed by atoms with E-state index in [4.69, 9.17) is 24.3 Å². The van der Waals surface area contributed by atoms with Gasteiger partial charge in [-0.3, -0.25) is 4.79 Å². The van der Waals surface area contributed by atoms with Crippen LogP contribution in [-0.4, -0.2) is 29.1 Å². The van der Waals surface area contributed by atoms with E-state index < -0.39 is 0 Å². The molecule has 0 unspecified atom stereocenters. The SMILES string of the molecule is CCOc1cc(C=Nn2c(-c3cc(C(C)C)c(OCC)cc3C)nc3ccccc3c2=O)ccc1OCc1ccc(Br)cc1. The molecule has 0 bridgehead atoms. The van der Waals surface area contributed by atoms with Gasteiger partial charge in [0.1, 0.15) is 12.4 Å². The molecule has 0 aliphatic carbocycles. The quantitative estimate of drug-likeness (QED) is 0.134. The minimum absolute atomic E-state index is 0.210. The van der Waals surface area contributed by atoms with Crippen molar-refractivity contribution in [3.05, 3.63) is 116 Å². The van der Waals surface area contributed by atoms with Crippen LogP contribution in [0.1, 0.15) is 55.9 Å². The second-order valence-electron chi connectivity index (χ2n) is 10.7. The van der Waals surface area contributed by atoms with E-state index in [9.17, 15) is 4.79 Å². The van der Waals surface area contributed by atoms with Crippen molar-refractivity contribution in [1.29, 1.82) is 0 Å². The number of aromatic nitrogens is 2. The van der Waals surface area contributed by atoms with Crippen molar-refractivity contribution in [2.24, 2.45) is 5.10 Å². The molecule has 5 rings (SSSR count). The van der Waals surface area contributed by atoms with Crippen molar-refractivity contribution in [1.82, 2.24) is 9.66 Å². The van der Waals surface area contributed by atoms with Gasteiger partial charge in [-0.05, 0) is 104 Å². The van der Waals surface area contributed by atoms with Crippen LogP contribution in [0.15, 0.2) is 93.2 Å². The molecule has 0 saturated heterocycles. The van der Waals surface area contributed by atoms with Crippen molar-refractivity contribution in [2.75, 3.05) is 13.2 Å². The molecule has 4 aromatic carbocycles. The summed E-state index contributed by atoms with van der Waals surface area (Å²) in [5.74, 6) is 2.74. The van der Waals surface area contributed by atoms with Gasteiger partial charge in [-0.25, -0.2) is 4.98 Å². The maximum absolute atomic E-state index is 13.8. The summed E-state index contributed by atoms with van der Waals surface area (Å²) in [5, 5.41) is 5.19. The Morgan fingerprint density at radius 3 is 2.34 bits per heavy atom. The minimum atomic E-state index is -0.249. The van der Waals surface area contributed by atoms with Crippen LogP contribution in [0, 0.1) is 6.92 Å². The highest BCUT2D eigenvalue weighted by atomic mass is 79.9. The van der Waals surface area contributed by atoms with Crippen molar-refractivity contribution in [3.63, 3.8) is 0 Å². The smallest absolute Gasteiger partial charge is 0.282 e. The highest BCUT2D eigenvalue weighted by molar-refractivity contribution is 9.10. The molecule has 0 N–H and O–H groups in total. The molecule has 0 saturated carbocycles. The summed E-state index contributed by atoms with van der Waals surface area (Å²) in [5.41, 5.74) is 4.97. The van der Waals surface area contributed by atoms with Crippen LogP contribution in [0.5, 0.6) is 17.2 Å². The first kappa shape index (κ1) is 31.0. The molecule has 0 amide bonds. The van der Waals surface area contributed by atoms with Crippen LogP contribution in [0.3, 0.4) is 0 Å². The second kappa shape index (κ2) is 13.9. The molecular formula is C36H36BrN3O4. The van der Waals surface area contributed by atoms with Gasteiger partial charge in [0.2, 0.25) is 0 Å². The lowest BCUT2D eigenvalue weighted by atomic mass is 9.96. The number of hydrogen-bond donors (Lipinski definition) is 0. The first-order chi connectivity index (χ1) is 21.3. The maximum atomic E-state index is 13.8. The van der Waals surface area contributed by atoms with E-state index in [0.717, 1.165) is 38.0 Å². The van der Waals surface area contributed by atoms with Crippen LogP contribution in [0.25, 0.3) is 22.3 Å². The summed E-state index contributed by atoms with van der Waals surface area (Å²) in [7, 11) is 0. The van der Waals surface area contributed by atoms with E-state index >= 15 is 0 Å². The molecule has 0 radical (unpaired) electrons. The van der Waals surface area contributed by atoms with E-state index in [0.29, 0.717) is 48.0 Å². The third kappa shape index (κ3) is 6.86. The first-order valence-electron chi connectivity index (χ1n) is 14.8. The van der Waals surface area contributed by atoms with Crippen LogP contribution >= 0.6 is 15.9 Å². The van der Waals surface area contributed by atoms with Gasteiger partial charge >= 0.3 is 0 Å². The van der Waals surface area contributed by atoms with E-state index in [1.807, 2.05) is 87.5 Å². The highest BCUT2D eigenvalue weighted by Crippen LogP contribution is 2.34. The number of aryl methyl sites for hydroxylation is 1. The Morgan fingerprint density at radius 1 is 0.886 bits per heavy atom. The Labute approximate surface area is 266 Å². The summed E-state index contributed by atoms with van der Waals surface area (Å²) < 4.78 is 20.3. The van der Waals surface area contributed by atoms with Crippen LogP contribution in [-0.2, 0) is 6.61 Å². The van der Waals surface area contributed by atoms with Crippen molar-refractivity contribution in [3.8, 4) is 28.6 Å². The van der Waals surface area contributed by atoms with Gasteiger partial charge < -0.3 is 14.2 Å². The predicted molar refractivity (Wildman–Crippen MR) is 181 cm³/mol. The number of fused-ring (bicyclic) bond motifs is 1. The molecule has 0 spiro atoms. The lowest BCUT2D eigenvalue weighted by Gasteiger charge is -2.18. The fourth-order valence-corrected chi connectivity index (χ4v) is 5.20. The Kier molecular flexibility index (Phi) is 9.80. The maximum Gasteiger partial charge on any atom is 0.282 e. The molecule has 0 aliphatic heterocycles. The van der Waals surface area contributed by atoms with Crippen LogP contribution in [0.4, 0.5) is 0 Å². The highest BCUT2D eigenvalue weighted by Gasteiger charge is 2.18. The third-order valence-electron chi connectivity index (χ3n) is 7.17. The molecular weight excluding hydrogens is 618 g/mol. The normalized spacial score (nSPS) is 11.4. The van der Waals surface area contributed by atoms with Gasteiger partial charge in [0.15, 0.2) is 17.3 Å². The molecule has 7 nitrogen and oxygen atoms in total. The van der Waals surface area contributed by atoms with Crippen molar-refractivity contribution >= 4 is 33.0 Å². The monoisotopic (exact) mass is 653 g/mol. The zero-order valence-electron chi connectivity index (χ0n) is 25.6. The number of benzene rings is 4. The van der Waals surface area contributed by atoms with Crippen molar-refractivity contribution < 1.29 is 14.2 Å². The Balaban J connectivity index is 1.56. The zero-order chi connectivity index (χ0) is 31.2. The largest absolute Gasteiger partial charge is 0.494 e. The van der Waals surface area contributed by atoms with E-state index in [1.165, 1.54) is 4.68 Å². The molecule has 5 aromatic rings. The van der Waals surface area contributed by atoms with Gasteiger partial charge in [-0.2, -0.15) is 9.78 Å². The molecule has 1 heterocycles. The molecule has 0 atom stereocenters. The lowest BCUT2D eigenvalue weighted by Crippen LogP contribution is -2.21. The second-order valence-corrected chi connectivity index (χ2v) is 11.6. The number of para-hydroxylation sites is 1. The Bertz CT molecular complexity index is 1860. The Morgan fingerprint density at radius 2 is 1.61 bits per heavy atom. The lowest BCUT2D eigenvalue weighted by molar-refractivity contribution is 0.269. The standard InChI is InChI=1S/C36H36BrN3O4/c1-6-42-33-18-24(5)30(20-29(33)23(3)4)35-39-31-11-9-8-10-28(31)36(41)40(35)38-21-26-14-17-32(34(19-26)43-7-2)44-22-25-12-15-27(37)16-13-25/h8-21,23H,6-7,22H2,1-5H3. The first-order valence-corrected chi connectivity index (χ1v) is 15.6. The number of hydrogen-bond acceptors (Lipinski definition) is 6. The molecule has 8 heteroatoms. The Hall–Kier alpha value is -4.43. The van der Waals surface area contributed by atoms with Gasteiger partial charge in [0.25, 0.3) is 5.56 Å². The summed E-state index contributed by atoms with van der Waals surface area (Å²) in [6.07, 6.45) is 1.65. The number of ether oxygens (including phenoxy) is 3. The van der Waals surface area contributed by atoms with Gasteiger partial charge in [0, 0.05) is 10.0 Å². The average Bonchev–Trinajstić information content (AvgIpc) is 3.01. The molecule has 0 fully saturated rings. The minimum Gasteiger partial charge on any atom is -0.494 e. The molecule has 0 aliphatic rings. The molecule has 1 aromatic heterocycles. The van der Waals surface area contributed by atoms with E-state index in [-0.39, 0.29) is 11.5 Å². The fourth-order valence-electron chi connectivity index (χ4n) is 4.93. The van der Waals surface area contributed by atoms with Gasteiger partial charge in [0.05, 0.1) is 30.3 Å². The number of halogens is 1. The van der Waals surface area contributed by atoms with Crippen LogP contribution < -0.4 is 19.8 Å². The van der Waals surface area contributed by atoms with E-state index in [1.54, 1.807) is 12.3 Å². The summed E-state index contributed by atoms with van der Waals surface area (Å²) in [6.45, 7) is 11.6. The number of nitrogens with zero attached hydrogens (tertiary/aromatic N) is 3. The van der Waals surface area contributed by atoms with Gasteiger partial charge in [-0.15, -0.1) is 0 Å². The molecule has 44 heavy (non-hydrogen) atoms. The van der Waals surface area contributed by atoms with Gasteiger partial charge in [-0.1, -0.05) is 54.0 Å².